The lowest BCUT2D eigenvalue weighted by atomic mass is 10.1. The Balaban J connectivity index is 3.68. The van der Waals surface area contributed by atoms with E-state index < -0.39 is 0 Å². The molecular weight excluding hydrogens is 170 g/mol. The number of aliphatic hydroxyl groups excluding tert-OH is 1. The number of carbonyl (C=O) groups is 1. The van der Waals surface area contributed by atoms with Crippen LogP contribution in [0.5, 0.6) is 0 Å². The van der Waals surface area contributed by atoms with Crippen molar-refractivity contribution in [2.75, 3.05) is 26.8 Å². The summed E-state index contributed by atoms with van der Waals surface area (Å²) in [6, 6.07) is 0. The van der Waals surface area contributed by atoms with Crippen LogP contribution in [-0.4, -0.2) is 42.9 Å². The summed E-state index contributed by atoms with van der Waals surface area (Å²) in [4.78, 5) is 12.7. The van der Waals surface area contributed by atoms with E-state index in [1.54, 1.807) is 7.05 Å². The molecular formula is C9H19NO3. The summed E-state index contributed by atoms with van der Waals surface area (Å²) in [6.45, 7) is 4.81. The van der Waals surface area contributed by atoms with Gasteiger partial charge in [0.1, 0.15) is 6.61 Å². The summed E-state index contributed by atoms with van der Waals surface area (Å²) in [5, 5.41) is 8.43. The topological polar surface area (TPSA) is 49.8 Å². The molecule has 4 heteroatoms. The zero-order chi connectivity index (χ0) is 10.3. The minimum Gasteiger partial charge on any atom is -0.447 e. The van der Waals surface area contributed by atoms with Crippen LogP contribution in [0.2, 0.25) is 0 Å². The Bertz CT molecular complexity index is 150. The number of rotatable bonds is 5. The quantitative estimate of drug-likeness (QED) is 0.704. The molecule has 0 aromatic rings. The summed E-state index contributed by atoms with van der Waals surface area (Å²) in [5.41, 5.74) is 0. The van der Waals surface area contributed by atoms with Crippen molar-refractivity contribution in [3.63, 3.8) is 0 Å². The first-order valence-electron chi connectivity index (χ1n) is 4.60. The van der Waals surface area contributed by atoms with E-state index in [1.165, 1.54) is 4.90 Å². The molecule has 0 aromatic carbocycles. The van der Waals surface area contributed by atoms with Crippen LogP contribution in [-0.2, 0) is 4.74 Å². The van der Waals surface area contributed by atoms with Gasteiger partial charge in [0.05, 0.1) is 6.61 Å². The number of hydrogen-bond donors (Lipinski definition) is 1. The van der Waals surface area contributed by atoms with Crippen molar-refractivity contribution in [2.45, 2.75) is 20.3 Å². The van der Waals surface area contributed by atoms with E-state index in [0.29, 0.717) is 12.5 Å². The second-order valence-electron chi connectivity index (χ2n) is 3.23. The Morgan fingerprint density at radius 1 is 1.62 bits per heavy atom. The first-order valence-corrected chi connectivity index (χ1v) is 4.60. The Kier molecular flexibility index (Phi) is 6.32. The van der Waals surface area contributed by atoms with Crippen molar-refractivity contribution in [3.8, 4) is 0 Å². The van der Waals surface area contributed by atoms with Crippen LogP contribution in [0.3, 0.4) is 0 Å². The Hall–Kier alpha value is -0.770. The number of nitrogens with zero attached hydrogens (tertiary/aromatic N) is 1. The Morgan fingerprint density at radius 2 is 2.23 bits per heavy atom. The molecule has 0 fully saturated rings. The summed E-state index contributed by atoms with van der Waals surface area (Å²) in [5.74, 6) is 0.478. The van der Waals surface area contributed by atoms with E-state index in [-0.39, 0.29) is 19.3 Å². The van der Waals surface area contributed by atoms with Crippen molar-refractivity contribution in [3.05, 3.63) is 0 Å². The number of aliphatic hydroxyl groups is 1. The van der Waals surface area contributed by atoms with Crippen LogP contribution in [0.15, 0.2) is 0 Å². The maximum Gasteiger partial charge on any atom is 0.409 e. The molecule has 1 atom stereocenters. The van der Waals surface area contributed by atoms with Crippen molar-refractivity contribution < 1.29 is 14.6 Å². The summed E-state index contributed by atoms with van der Waals surface area (Å²) in [7, 11) is 1.70. The highest BCUT2D eigenvalue weighted by Crippen LogP contribution is 2.03. The number of amides is 1. The van der Waals surface area contributed by atoms with Gasteiger partial charge in [0, 0.05) is 13.6 Å². The van der Waals surface area contributed by atoms with Crippen LogP contribution in [0.4, 0.5) is 4.79 Å². The van der Waals surface area contributed by atoms with Gasteiger partial charge in [0.2, 0.25) is 0 Å². The molecule has 0 aromatic heterocycles. The van der Waals surface area contributed by atoms with Crippen molar-refractivity contribution in [1.29, 1.82) is 0 Å². The molecule has 1 amide bonds. The zero-order valence-corrected chi connectivity index (χ0v) is 8.62. The predicted molar refractivity (Wildman–Crippen MR) is 50.5 cm³/mol. The van der Waals surface area contributed by atoms with Gasteiger partial charge in [0.15, 0.2) is 0 Å². The van der Waals surface area contributed by atoms with Crippen molar-refractivity contribution >= 4 is 6.09 Å². The largest absolute Gasteiger partial charge is 0.447 e. The molecule has 0 aliphatic carbocycles. The van der Waals surface area contributed by atoms with E-state index >= 15 is 0 Å². The third kappa shape index (κ3) is 5.47. The van der Waals surface area contributed by atoms with E-state index in [4.69, 9.17) is 9.84 Å². The lowest BCUT2D eigenvalue weighted by molar-refractivity contribution is 0.0875. The highest BCUT2D eigenvalue weighted by molar-refractivity contribution is 5.67. The fourth-order valence-corrected chi connectivity index (χ4v) is 0.914. The second-order valence-corrected chi connectivity index (χ2v) is 3.23. The van der Waals surface area contributed by atoms with Crippen molar-refractivity contribution in [1.82, 2.24) is 4.90 Å². The summed E-state index contributed by atoms with van der Waals surface area (Å²) < 4.78 is 4.74. The molecule has 0 heterocycles. The summed E-state index contributed by atoms with van der Waals surface area (Å²) in [6.07, 6.45) is 0.673. The molecule has 0 saturated heterocycles. The number of carbonyl (C=O) groups excluding carboxylic acids is 1. The smallest absolute Gasteiger partial charge is 0.409 e. The predicted octanol–water partition coefficient (Wildman–Crippen LogP) is 1.09. The Labute approximate surface area is 79.5 Å². The van der Waals surface area contributed by atoms with E-state index in [2.05, 4.69) is 13.8 Å². The zero-order valence-electron chi connectivity index (χ0n) is 8.62. The van der Waals surface area contributed by atoms with Gasteiger partial charge in [-0.25, -0.2) is 4.79 Å². The fourth-order valence-electron chi connectivity index (χ4n) is 0.914. The summed E-state index contributed by atoms with van der Waals surface area (Å²) >= 11 is 0. The lowest BCUT2D eigenvalue weighted by Gasteiger charge is -2.19. The van der Waals surface area contributed by atoms with E-state index in [9.17, 15) is 4.79 Å². The molecule has 0 aliphatic rings. The first kappa shape index (κ1) is 12.2. The average molecular weight is 189 g/mol. The minimum atomic E-state index is -0.366. The molecule has 1 unspecified atom stereocenters. The van der Waals surface area contributed by atoms with E-state index in [1.807, 2.05) is 0 Å². The minimum absolute atomic E-state index is 0.0731. The van der Waals surface area contributed by atoms with Gasteiger partial charge >= 0.3 is 6.09 Å². The van der Waals surface area contributed by atoms with Gasteiger partial charge in [-0.3, -0.25) is 0 Å². The number of hydrogen-bond acceptors (Lipinski definition) is 3. The molecule has 0 aliphatic heterocycles. The van der Waals surface area contributed by atoms with Gasteiger partial charge < -0.3 is 14.7 Å². The molecule has 0 saturated carbocycles. The number of ether oxygens (including phenoxy) is 1. The maximum absolute atomic E-state index is 11.1. The molecule has 1 N–H and O–H groups in total. The molecule has 78 valence electrons. The molecule has 0 radical (unpaired) electrons. The molecule has 13 heavy (non-hydrogen) atoms. The standard InChI is InChI=1S/C9H19NO3/c1-4-8(2)7-10(3)9(12)13-6-5-11/h8,11H,4-7H2,1-3H3. The lowest BCUT2D eigenvalue weighted by Crippen LogP contribution is -2.32. The van der Waals surface area contributed by atoms with Crippen molar-refractivity contribution in [2.24, 2.45) is 5.92 Å². The monoisotopic (exact) mass is 189 g/mol. The SMILES string of the molecule is CCC(C)CN(C)C(=O)OCCO. The van der Waals surface area contributed by atoms with Gasteiger partial charge in [0.25, 0.3) is 0 Å². The highest BCUT2D eigenvalue weighted by Gasteiger charge is 2.11. The normalized spacial score (nSPS) is 12.3. The maximum atomic E-state index is 11.1. The van der Waals surface area contributed by atoms with E-state index in [0.717, 1.165) is 6.42 Å². The highest BCUT2D eigenvalue weighted by atomic mass is 16.6. The third-order valence-corrected chi connectivity index (χ3v) is 1.91. The van der Waals surface area contributed by atoms with Crippen LogP contribution < -0.4 is 0 Å². The van der Waals surface area contributed by atoms with Crippen LogP contribution in [0.25, 0.3) is 0 Å². The van der Waals surface area contributed by atoms with Gasteiger partial charge in [-0.05, 0) is 5.92 Å². The van der Waals surface area contributed by atoms with Gasteiger partial charge in [-0.1, -0.05) is 20.3 Å². The molecule has 0 rings (SSSR count). The Morgan fingerprint density at radius 3 is 2.69 bits per heavy atom. The molecule has 4 nitrogen and oxygen atoms in total. The van der Waals surface area contributed by atoms with Crippen LogP contribution in [0, 0.1) is 5.92 Å². The third-order valence-electron chi connectivity index (χ3n) is 1.91. The van der Waals surface area contributed by atoms with Crippen LogP contribution >= 0.6 is 0 Å². The fraction of sp³-hybridized carbons (Fsp3) is 0.889. The molecule has 0 spiro atoms. The average Bonchev–Trinajstić information content (AvgIpc) is 2.13. The van der Waals surface area contributed by atoms with Gasteiger partial charge in [-0.15, -0.1) is 0 Å². The first-order chi connectivity index (χ1) is 6.11. The van der Waals surface area contributed by atoms with Gasteiger partial charge in [-0.2, -0.15) is 0 Å². The van der Waals surface area contributed by atoms with Crippen LogP contribution in [0.1, 0.15) is 20.3 Å². The second kappa shape index (κ2) is 6.71. The molecule has 0 bridgehead atoms.